The minimum Gasteiger partial charge on any atom is -0.386 e. The zero-order valence-corrected chi connectivity index (χ0v) is 20.4. The van der Waals surface area contributed by atoms with Gasteiger partial charge in [-0.3, -0.25) is 0 Å². The lowest BCUT2D eigenvalue weighted by molar-refractivity contribution is 0.0786. The molecule has 1 aliphatic rings. The Bertz CT molecular complexity index is 1150. The molecule has 0 saturated carbocycles. The molecule has 5 nitrogen and oxygen atoms in total. The number of anilines is 1. The average Bonchev–Trinajstić information content (AvgIpc) is 3.29. The maximum Gasteiger partial charge on any atom is 0.252 e. The number of sulfonamides is 1. The molecule has 0 radical (unpaired) electrons. The third-order valence-electron chi connectivity index (χ3n) is 5.99. The van der Waals surface area contributed by atoms with Crippen LogP contribution >= 0.6 is 11.3 Å². The van der Waals surface area contributed by atoms with Crippen LogP contribution in [-0.4, -0.2) is 43.5 Å². The first-order valence-electron chi connectivity index (χ1n) is 10.8. The van der Waals surface area contributed by atoms with E-state index in [0.29, 0.717) is 23.8 Å². The van der Waals surface area contributed by atoms with Crippen LogP contribution in [0, 0.1) is 6.92 Å². The summed E-state index contributed by atoms with van der Waals surface area (Å²) in [6.45, 7) is 7.11. The molecule has 1 aromatic heterocycles. The van der Waals surface area contributed by atoms with E-state index < -0.39 is 15.6 Å². The number of piperazine rings is 1. The zero-order valence-electron chi connectivity index (χ0n) is 18.7. The van der Waals surface area contributed by atoms with Crippen LogP contribution in [0.15, 0.2) is 70.3 Å². The first kappa shape index (κ1) is 23.0. The second-order valence-corrected chi connectivity index (χ2v) is 12.1. The number of aryl methyl sites for hydroxylation is 1. The lowest BCUT2D eigenvalue weighted by Crippen LogP contribution is -2.55. The van der Waals surface area contributed by atoms with Gasteiger partial charge in [0.2, 0.25) is 0 Å². The molecule has 1 fully saturated rings. The van der Waals surface area contributed by atoms with Gasteiger partial charge >= 0.3 is 0 Å². The Balaban J connectivity index is 1.63. The van der Waals surface area contributed by atoms with Gasteiger partial charge in [-0.15, -0.1) is 11.3 Å². The van der Waals surface area contributed by atoms with E-state index in [2.05, 4.69) is 36.1 Å². The lowest BCUT2D eigenvalue weighted by atomic mass is 9.97. The van der Waals surface area contributed by atoms with Crippen molar-refractivity contribution in [1.29, 1.82) is 0 Å². The highest BCUT2D eigenvalue weighted by atomic mass is 32.2. The molecular weight excluding hydrogens is 440 g/mol. The van der Waals surface area contributed by atoms with Gasteiger partial charge in [-0.2, -0.15) is 4.31 Å². The van der Waals surface area contributed by atoms with E-state index in [1.807, 2.05) is 24.3 Å². The van der Waals surface area contributed by atoms with E-state index in [4.69, 9.17) is 0 Å². The summed E-state index contributed by atoms with van der Waals surface area (Å²) in [7, 11) is -3.49. The molecule has 4 rings (SSSR count). The van der Waals surface area contributed by atoms with Gasteiger partial charge in [-0.25, -0.2) is 8.42 Å². The second kappa shape index (κ2) is 8.98. The van der Waals surface area contributed by atoms with Gasteiger partial charge in [0, 0.05) is 31.4 Å². The summed E-state index contributed by atoms with van der Waals surface area (Å²) < 4.78 is 28.4. The fourth-order valence-corrected chi connectivity index (χ4v) is 6.88. The van der Waals surface area contributed by atoms with Crippen LogP contribution in [0.1, 0.15) is 30.5 Å². The molecule has 32 heavy (non-hydrogen) atoms. The van der Waals surface area contributed by atoms with Crippen LogP contribution < -0.4 is 4.90 Å². The third-order valence-corrected chi connectivity index (χ3v) is 9.23. The van der Waals surface area contributed by atoms with Crippen molar-refractivity contribution in [2.24, 2.45) is 0 Å². The molecule has 0 aliphatic carbocycles. The van der Waals surface area contributed by atoms with Crippen LogP contribution in [0.2, 0.25) is 0 Å². The summed E-state index contributed by atoms with van der Waals surface area (Å²) >= 11 is 1.26. The number of nitrogens with zero attached hydrogens (tertiary/aromatic N) is 2. The SMILES string of the molecule is Cc1cccc(C[C@H]2CN(S(=O)(=O)c3cccs3)CCN2c2ccc(C(C)(C)O)cc2)c1. The normalized spacial score (nSPS) is 18.1. The largest absolute Gasteiger partial charge is 0.386 e. The molecule has 3 aromatic rings. The molecule has 0 spiro atoms. The smallest absolute Gasteiger partial charge is 0.252 e. The topological polar surface area (TPSA) is 60.9 Å². The van der Waals surface area contributed by atoms with E-state index >= 15 is 0 Å². The van der Waals surface area contributed by atoms with Crippen LogP contribution in [0.4, 0.5) is 5.69 Å². The maximum absolute atomic E-state index is 13.2. The Morgan fingerprint density at radius 1 is 1.06 bits per heavy atom. The average molecular weight is 471 g/mol. The molecule has 7 heteroatoms. The maximum atomic E-state index is 13.2. The standard InChI is InChI=1S/C25H30N2O3S2/c1-19-6-4-7-20(16-19)17-23-18-26(32(29,30)24-8-5-15-31-24)13-14-27(23)22-11-9-21(10-12-22)25(2,3)28/h4-12,15-16,23,28H,13-14,17-18H2,1-3H3/t23-/m0/s1. The number of benzene rings is 2. The molecule has 1 atom stereocenters. The highest BCUT2D eigenvalue weighted by Gasteiger charge is 2.35. The molecule has 1 N–H and O–H groups in total. The third kappa shape index (κ3) is 4.91. The van der Waals surface area contributed by atoms with Crippen LogP contribution in [0.3, 0.4) is 0 Å². The molecular formula is C25H30N2O3S2. The number of rotatable bonds is 6. The summed E-state index contributed by atoms with van der Waals surface area (Å²) in [5, 5.41) is 12.1. The molecule has 2 heterocycles. The summed E-state index contributed by atoms with van der Waals surface area (Å²) in [4.78, 5) is 2.30. The summed E-state index contributed by atoms with van der Waals surface area (Å²) in [5.74, 6) is 0. The highest BCUT2D eigenvalue weighted by molar-refractivity contribution is 7.91. The minimum atomic E-state index is -3.49. The predicted molar refractivity (Wildman–Crippen MR) is 131 cm³/mol. The first-order valence-corrected chi connectivity index (χ1v) is 13.2. The van der Waals surface area contributed by atoms with Crippen molar-refractivity contribution in [1.82, 2.24) is 4.31 Å². The van der Waals surface area contributed by atoms with Crippen LogP contribution in [0.5, 0.6) is 0 Å². The number of hydrogen-bond donors (Lipinski definition) is 1. The highest BCUT2D eigenvalue weighted by Crippen LogP contribution is 2.30. The van der Waals surface area contributed by atoms with Gasteiger partial charge in [0.1, 0.15) is 4.21 Å². The Hall–Kier alpha value is -2.19. The zero-order chi connectivity index (χ0) is 22.9. The van der Waals surface area contributed by atoms with Crippen molar-refractivity contribution < 1.29 is 13.5 Å². The number of aliphatic hydroxyl groups is 1. The molecule has 2 aromatic carbocycles. The monoisotopic (exact) mass is 470 g/mol. The van der Waals surface area contributed by atoms with E-state index in [0.717, 1.165) is 17.7 Å². The number of hydrogen-bond acceptors (Lipinski definition) is 5. The van der Waals surface area contributed by atoms with Gasteiger partial charge in [-0.05, 0) is 61.9 Å². The van der Waals surface area contributed by atoms with Crippen molar-refractivity contribution in [3.05, 3.63) is 82.7 Å². The first-order chi connectivity index (χ1) is 15.1. The molecule has 170 valence electrons. The summed E-state index contributed by atoms with van der Waals surface area (Å²) in [6, 6.07) is 19.8. The van der Waals surface area contributed by atoms with Gasteiger partial charge in [0.05, 0.1) is 5.60 Å². The van der Waals surface area contributed by atoms with E-state index in [-0.39, 0.29) is 6.04 Å². The quantitative estimate of drug-likeness (QED) is 0.580. The Morgan fingerprint density at radius 2 is 1.81 bits per heavy atom. The molecule has 1 saturated heterocycles. The van der Waals surface area contributed by atoms with Crippen LogP contribution in [-0.2, 0) is 22.0 Å². The summed E-state index contributed by atoms with van der Waals surface area (Å²) in [5.41, 5.74) is 3.40. The van der Waals surface area contributed by atoms with Gasteiger partial charge in [0.15, 0.2) is 0 Å². The van der Waals surface area contributed by atoms with Crippen LogP contribution in [0.25, 0.3) is 0 Å². The molecule has 1 aliphatic heterocycles. The predicted octanol–water partition coefficient (Wildman–Crippen LogP) is 4.41. The van der Waals surface area contributed by atoms with E-state index in [1.165, 1.54) is 22.5 Å². The fraction of sp³-hybridized carbons (Fsp3) is 0.360. The van der Waals surface area contributed by atoms with Crippen molar-refractivity contribution in [3.63, 3.8) is 0 Å². The molecule has 0 amide bonds. The Morgan fingerprint density at radius 3 is 2.44 bits per heavy atom. The van der Waals surface area contributed by atoms with Crippen molar-refractivity contribution in [2.75, 3.05) is 24.5 Å². The second-order valence-electron chi connectivity index (χ2n) is 8.94. The fourth-order valence-electron chi connectivity index (χ4n) is 4.27. The molecule has 0 unspecified atom stereocenters. The van der Waals surface area contributed by atoms with Gasteiger partial charge in [-0.1, -0.05) is 48.0 Å². The summed E-state index contributed by atoms with van der Waals surface area (Å²) in [6.07, 6.45) is 0.755. The molecule has 0 bridgehead atoms. The minimum absolute atomic E-state index is 0.00766. The van der Waals surface area contributed by atoms with Gasteiger partial charge in [0.25, 0.3) is 10.0 Å². The van der Waals surface area contributed by atoms with Crippen molar-refractivity contribution in [3.8, 4) is 0 Å². The lowest BCUT2D eigenvalue weighted by Gasteiger charge is -2.42. The Labute approximate surface area is 195 Å². The van der Waals surface area contributed by atoms with Crippen molar-refractivity contribution >= 4 is 27.0 Å². The number of thiophene rings is 1. The van der Waals surface area contributed by atoms with Gasteiger partial charge < -0.3 is 10.0 Å². The Kier molecular flexibility index (Phi) is 6.45. The van der Waals surface area contributed by atoms with E-state index in [1.54, 1.807) is 35.7 Å². The van der Waals surface area contributed by atoms with Crippen molar-refractivity contribution in [2.45, 2.75) is 43.0 Å². The van der Waals surface area contributed by atoms with E-state index in [9.17, 15) is 13.5 Å².